The average Bonchev–Trinajstić information content (AvgIpc) is 2.64. The van der Waals surface area contributed by atoms with Crippen molar-refractivity contribution in [2.75, 3.05) is 20.8 Å². The van der Waals surface area contributed by atoms with Crippen LogP contribution in [0.2, 0.25) is 0 Å². The first-order valence-corrected chi connectivity index (χ1v) is 7.43. The van der Waals surface area contributed by atoms with Gasteiger partial charge in [-0.15, -0.1) is 0 Å². The molecule has 5 heteroatoms. The van der Waals surface area contributed by atoms with Crippen molar-refractivity contribution < 1.29 is 19.1 Å². The van der Waals surface area contributed by atoms with E-state index in [2.05, 4.69) is 5.32 Å². The van der Waals surface area contributed by atoms with Gasteiger partial charge in [-0.2, -0.15) is 0 Å². The second kappa shape index (κ2) is 8.53. The molecule has 0 saturated heterocycles. The van der Waals surface area contributed by atoms with Gasteiger partial charge in [0, 0.05) is 12.6 Å². The molecule has 2 aromatic carbocycles. The van der Waals surface area contributed by atoms with Crippen molar-refractivity contribution in [3.05, 3.63) is 65.7 Å². The molecule has 0 heterocycles. The number of hydrogen-bond donors (Lipinski definition) is 1. The van der Waals surface area contributed by atoms with E-state index in [0.29, 0.717) is 17.1 Å². The van der Waals surface area contributed by atoms with Crippen LogP contribution < -0.4 is 14.8 Å². The maximum Gasteiger partial charge on any atom is 0.257 e. The van der Waals surface area contributed by atoms with Crippen molar-refractivity contribution in [1.82, 2.24) is 5.32 Å². The molecule has 124 valence electrons. The van der Waals surface area contributed by atoms with Gasteiger partial charge in [-0.25, -0.2) is 0 Å². The second-order valence-electron chi connectivity index (χ2n) is 4.94. The van der Waals surface area contributed by atoms with E-state index in [1.54, 1.807) is 43.5 Å². The third-order valence-electron chi connectivity index (χ3n) is 3.31. The number of allylic oxidation sites excluding steroid dienone is 1. The van der Waals surface area contributed by atoms with Crippen LogP contribution in [0.15, 0.2) is 54.6 Å². The minimum absolute atomic E-state index is 0.0745. The summed E-state index contributed by atoms with van der Waals surface area (Å²) in [5.41, 5.74) is 1.43. The van der Waals surface area contributed by atoms with Crippen LogP contribution in [0.1, 0.15) is 15.9 Å². The predicted molar refractivity (Wildman–Crippen MR) is 92.4 cm³/mol. The predicted octanol–water partition coefficient (Wildman–Crippen LogP) is 2.72. The molecule has 0 radical (unpaired) electrons. The molecule has 0 spiro atoms. The topological polar surface area (TPSA) is 64.6 Å². The first-order valence-electron chi connectivity index (χ1n) is 7.43. The maximum absolute atomic E-state index is 12.1. The second-order valence-corrected chi connectivity index (χ2v) is 4.94. The molecule has 5 nitrogen and oxygen atoms in total. The van der Waals surface area contributed by atoms with Gasteiger partial charge >= 0.3 is 0 Å². The number of methoxy groups -OCH3 is 1. The van der Waals surface area contributed by atoms with Gasteiger partial charge in [-0.1, -0.05) is 42.5 Å². The monoisotopic (exact) mass is 325 g/mol. The van der Waals surface area contributed by atoms with E-state index in [-0.39, 0.29) is 18.3 Å². The van der Waals surface area contributed by atoms with Crippen molar-refractivity contribution in [2.45, 2.75) is 0 Å². The summed E-state index contributed by atoms with van der Waals surface area (Å²) in [5, 5.41) is 2.48. The van der Waals surface area contributed by atoms with E-state index in [0.717, 1.165) is 5.56 Å². The standard InChI is InChI=1S/C19H19NO4/c1-20-19(22)13-24-17-11-9-14(12-18(17)23-2)8-10-16(21)15-6-4-3-5-7-15/h3-12H,13H2,1-2H3,(H,20,22)/b10-8-. The molecule has 0 aliphatic rings. The minimum atomic E-state index is -0.227. The van der Waals surface area contributed by atoms with E-state index in [1.165, 1.54) is 13.2 Å². The smallest absolute Gasteiger partial charge is 0.257 e. The highest BCUT2D eigenvalue weighted by atomic mass is 16.5. The van der Waals surface area contributed by atoms with Crippen LogP contribution in [0, 0.1) is 0 Å². The molecule has 0 saturated carbocycles. The summed E-state index contributed by atoms with van der Waals surface area (Å²) in [4.78, 5) is 23.3. The Balaban J connectivity index is 2.10. The number of ether oxygens (including phenoxy) is 2. The summed E-state index contributed by atoms with van der Waals surface area (Å²) < 4.78 is 10.7. The van der Waals surface area contributed by atoms with Gasteiger partial charge in [0.1, 0.15) is 0 Å². The van der Waals surface area contributed by atoms with Crippen molar-refractivity contribution >= 4 is 17.8 Å². The lowest BCUT2D eigenvalue weighted by Crippen LogP contribution is -2.24. The largest absolute Gasteiger partial charge is 0.493 e. The molecular weight excluding hydrogens is 306 g/mol. The summed E-state index contributed by atoms with van der Waals surface area (Å²) in [6, 6.07) is 14.3. The van der Waals surface area contributed by atoms with Crippen molar-refractivity contribution in [2.24, 2.45) is 0 Å². The Bertz CT molecular complexity index is 738. The zero-order valence-corrected chi connectivity index (χ0v) is 13.6. The van der Waals surface area contributed by atoms with Crippen LogP contribution in [-0.4, -0.2) is 32.5 Å². The molecule has 0 fully saturated rings. The summed E-state index contributed by atoms with van der Waals surface area (Å²) in [6.45, 7) is -0.0888. The van der Waals surface area contributed by atoms with Gasteiger partial charge in [-0.05, 0) is 23.8 Å². The minimum Gasteiger partial charge on any atom is -0.493 e. The SMILES string of the molecule is CNC(=O)COc1ccc(/C=C\C(=O)c2ccccc2)cc1OC. The van der Waals surface area contributed by atoms with Crippen LogP contribution in [0.25, 0.3) is 6.08 Å². The van der Waals surface area contributed by atoms with Crippen LogP contribution in [0.5, 0.6) is 11.5 Å². The first-order chi connectivity index (χ1) is 11.6. The molecule has 2 rings (SSSR count). The Morgan fingerprint density at radius 1 is 1.08 bits per heavy atom. The zero-order valence-electron chi connectivity index (χ0n) is 13.6. The van der Waals surface area contributed by atoms with E-state index in [1.807, 2.05) is 18.2 Å². The van der Waals surface area contributed by atoms with Crippen molar-refractivity contribution in [1.29, 1.82) is 0 Å². The van der Waals surface area contributed by atoms with Crippen LogP contribution in [0.4, 0.5) is 0 Å². The molecule has 0 aromatic heterocycles. The lowest BCUT2D eigenvalue weighted by Gasteiger charge is -2.10. The molecule has 1 amide bonds. The average molecular weight is 325 g/mol. The number of amides is 1. The summed E-state index contributed by atoms with van der Waals surface area (Å²) in [5.74, 6) is 0.657. The number of nitrogens with one attached hydrogen (secondary N) is 1. The fourth-order valence-corrected chi connectivity index (χ4v) is 1.99. The molecule has 1 N–H and O–H groups in total. The first kappa shape index (κ1) is 17.3. The van der Waals surface area contributed by atoms with E-state index < -0.39 is 0 Å². The molecular formula is C19H19NO4. The number of rotatable bonds is 7. The Kier molecular flexibility index (Phi) is 6.14. The van der Waals surface area contributed by atoms with Crippen LogP contribution >= 0.6 is 0 Å². The van der Waals surface area contributed by atoms with Gasteiger partial charge in [0.05, 0.1) is 7.11 Å². The van der Waals surface area contributed by atoms with Crippen LogP contribution in [-0.2, 0) is 4.79 Å². The summed E-state index contributed by atoms with van der Waals surface area (Å²) in [6.07, 6.45) is 3.22. The molecule has 0 bridgehead atoms. The van der Waals surface area contributed by atoms with E-state index in [4.69, 9.17) is 9.47 Å². The number of carbonyl (C=O) groups excluding carboxylic acids is 2. The molecule has 24 heavy (non-hydrogen) atoms. The zero-order chi connectivity index (χ0) is 17.4. The fourth-order valence-electron chi connectivity index (χ4n) is 1.99. The normalized spacial score (nSPS) is 10.4. The summed E-state index contributed by atoms with van der Waals surface area (Å²) >= 11 is 0. The third-order valence-corrected chi connectivity index (χ3v) is 3.31. The third kappa shape index (κ3) is 4.71. The molecule has 0 atom stereocenters. The molecule has 0 aliphatic heterocycles. The highest BCUT2D eigenvalue weighted by molar-refractivity contribution is 6.06. The Morgan fingerprint density at radius 2 is 1.83 bits per heavy atom. The highest BCUT2D eigenvalue weighted by Gasteiger charge is 2.07. The van der Waals surface area contributed by atoms with E-state index in [9.17, 15) is 9.59 Å². The van der Waals surface area contributed by atoms with Gasteiger partial charge in [0.25, 0.3) is 5.91 Å². The Hall–Kier alpha value is -3.08. The number of carbonyl (C=O) groups is 2. The quantitative estimate of drug-likeness (QED) is 0.628. The van der Waals surface area contributed by atoms with E-state index >= 15 is 0 Å². The van der Waals surface area contributed by atoms with Gasteiger partial charge < -0.3 is 14.8 Å². The molecule has 0 unspecified atom stereocenters. The van der Waals surface area contributed by atoms with Gasteiger partial charge in [0.15, 0.2) is 23.9 Å². The maximum atomic E-state index is 12.1. The van der Waals surface area contributed by atoms with Gasteiger partial charge in [0.2, 0.25) is 0 Å². The van der Waals surface area contributed by atoms with Crippen molar-refractivity contribution in [3.63, 3.8) is 0 Å². The highest BCUT2D eigenvalue weighted by Crippen LogP contribution is 2.28. The lowest BCUT2D eigenvalue weighted by atomic mass is 10.1. The Labute approximate surface area is 140 Å². The fraction of sp³-hybridized carbons (Fsp3) is 0.158. The number of hydrogen-bond acceptors (Lipinski definition) is 4. The van der Waals surface area contributed by atoms with Gasteiger partial charge in [-0.3, -0.25) is 9.59 Å². The molecule has 2 aromatic rings. The lowest BCUT2D eigenvalue weighted by molar-refractivity contribution is -0.122. The van der Waals surface area contributed by atoms with Crippen molar-refractivity contribution in [3.8, 4) is 11.5 Å². The molecule has 0 aliphatic carbocycles. The summed E-state index contributed by atoms with van der Waals surface area (Å²) in [7, 11) is 3.06. The van der Waals surface area contributed by atoms with Crippen LogP contribution in [0.3, 0.4) is 0 Å². The number of ketones is 1. The number of benzene rings is 2. The number of likely N-dealkylation sites (N-methyl/N-ethyl adjacent to an activating group) is 1. The Morgan fingerprint density at radius 3 is 2.50 bits per heavy atom.